The summed E-state index contributed by atoms with van der Waals surface area (Å²) in [6.45, 7) is 5.63. The van der Waals surface area contributed by atoms with Crippen molar-refractivity contribution in [1.82, 2.24) is 4.90 Å². The highest BCUT2D eigenvalue weighted by molar-refractivity contribution is 5.77. The first kappa shape index (κ1) is 15.7. The third kappa shape index (κ3) is 5.04. The topological polar surface area (TPSA) is 64.8 Å². The fraction of sp³-hybridized carbons (Fsp3) is 0.933. The number of nitrogens with zero attached hydrogens (tertiary/aromatic N) is 1. The van der Waals surface area contributed by atoms with Crippen molar-refractivity contribution < 1.29 is 14.3 Å². The van der Waals surface area contributed by atoms with E-state index in [1.807, 2.05) is 11.8 Å². The zero-order valence-corrected chi connectivity index (χ0v) is 12.6. The van der Waals surface area contributed by atoms with Gasteiger partial charge in [-0.05, 0) is 38.5 Å². The third-order valence-corrected chi connectivity index (χ3v) is 4.22. The van der Waals surface area contributed by atoms with Crippen LogP contribution in [-0.4, -0.2) is 55.9 Å². The highest BCUT2D eigenvalue weighted by atomic mass is 16.5. The van der Waals surface area contributed by atoms with Crippen LogP contribution in [0.15, 0.2) is 0 Å². The molecule has 1 amide bonds. The van der Waals surface area contributed by atoms with Crippen LogP contribution >= 0.6 is 0 Å². The molecule has 1 aliphatic carbocycles. The van der Waals surface area contributed by atoms with Gasteiger partial charge >= 0.3 is 0 Å². The molecule has 2 fully saturated rings. The van der Waals surface area contributed by atoms with Gasteiger partial charge in [-0.1, -0.05) is 0 Å². The Labute approximate surface area is 121 Å². The summed E-state index contributed by atoms with van der Waals surface area (Å²) in [4.78, 5) is 14.1. The van der Waals surface area contributed by atoms with E-state index in [0.29, 0.717) is 25.6 Å². The monoisotopic (exact) mass is 284 g/mol. The van der Waals surface area contributed by atoms with Gasteiger partial charge in [0.05, 0.1) is 19.3 Å². The fourth-order valence-electron chi connectivity index (χ4n) is 2.71. The first-order chi connectivity index (χ1) is 9.70. The molecule has 1 aliphatic heterocycles. The summed E-state index contributed by atoms with van der Waals surface area (Å²) in [5.41, 5.74) is 6.02. The predicted octanol–water partition coefficient (Wildman–Crippen LogP) is 1.16. The predicted molar refractivity (Wildman–Crippen MR) is 77.4 cm³/mol. The molecule has 1 atom stereocenters. The minimum atomic E-state index is 0.0719. The molecule has 0 aromatic heterocycles. The van der Waals surface area contributed by atoms with Crippen molar-refractivity contribution >= 4 is 5.91 Å². The van der Waals surface area contributed by atoms with Crippen LogP contribution in [0.4, 0.5) is 0 Å². The second-order valence-electron chi connectivity index (χ2n) is 5.85. The molecule has 116 valence electrons. The summed E-state index contributed by atoms with van der Waals surface area (Å²) in [5, 5.41) is 0. The van der Waals surface area contributed by atoms with Gasteiger partial charge < -0.3 is 20.1 Å². The number of nitrogens with two attached hydrogens (primary N) is 1. The van der Waals surface area contributed by atoms with Crippen LogP contribution in [-0.2, 0) is 14.3 Å². The van der Waals surface area contributed by atoms with Crippen molar-refractivity contribution in [2.45, 2.75) is 51.2 Å². The number of piperidine rings is 1. The molecular formula is C15H28N2O3. The molecule has 2 rings (SSSR count). The zero-order valence-electron chi connectivity index (χ0n) is 12.6. The van der Waals surface area contributed by atoms with Crippen LogP contribution < -0.4 is 5.73 Å². The molecule has 0 aromatic rings. The van der Waals surface area contributed by atoms with E-state index >= 15 is 0 Å². The van der Waals surface area contributed by atoms with Crippen molar-refractivity contribution in [2.24, 2.45) is 11.7 Å². The molecule has 0 radical (unpaired) electrons. The Morgan fingerprint density at radius 3 is 2.55 bits per heavy atom. The van der Waals surface area contributed by atoms with Crippen LogP contribution in [0, 0.1) is 5.92 Å². The molecule has 0 aromatic carbocycles. The first-order valence-electron chi connectivity index (χ1n) is 7.93. The lowest BCUT2D eigenvalue weighted by molar-refractivity contribution is -0.134. The largest absolute Gasteiger partial charge is 0.379 e. The SMILES string of the molecule is CCOCCOC1CCN(C(=O)CC(N)C2CC2)CC1. The van der Waals surface area contributed by atoms with Crippen molar-refractivity contribution in [3.8, 4) is 0 Å². The molecule has 2 N–H and O–H groups in total. The number of carbonyl (C=O) groups excluding carboxylic acids is 1. The lowest BCUT2D eigenvalue weighted by Crippen LogP contribution is -2.43. The Morgan fingerprint density at radius 2 is 1.95 bits per heavy atom. The first-order valence-corrected chi connectivity index (χ1v) is 7.93. The fourth-order valence-corrected chi connectivity index (χ4v) is 2.71. The molecule has 2 aliphatic rings. The van der Waals surface area contributed by atoms with Gasteiger partial charge in [-0.2, -0.15) is 0 Å². The van der Waals surface area contributed by atoms with Gasteiger partial charge in [-0.15, -0.1) is 0 Å². The van der Waals surface area contributed by atoms with Crippen LogP contribution in [0.3, 0.4) is 0 Å². The van der Waals surface area contributed by atoms with Gasteiger partial charge in [0, 0.05) is 32.2 Å². The van der Waals surface area contributed by atoms with Gasteiger partial charge in [0.25, 0.3) is 0 Å². The average Bonchev–Trinajstić information content (AvgIpc) is 3.29. The summed E-state index contributed by atoms with van der Waals surface area (Å²) >= 11 is 0. The molecular weight excluding hydrogens is 256 g/mol. The Balaban J connectivity index is 1.59. The smallest absolute Gasteiger partial charge is 0.224 e. The normalized spacial score (nSPS) is 22.0. The number of ether oxygens (including phenoxy) is 2. The highest BCUT2D eigenvalue weighted by Gasteiger charge is 2.32. The van der Waals surface area contributed by atoms with Gasteiger partial charge in [0.2, 0.25) is 5.91 Å². The molecule has 1 saturated carbocycles. The molecule has 0 bridgehead atoms. The van der Waals surface area contributed by atoms with E-state index in [2.05, 4.69) is 0 Å². The van der Waals surface area contributed by atoms with Crippen molar-refractivity contribution in [1.29, 1.82) is 0 Å². The highest BCUT2D eigenvalue weighted by Crippen LogP contribution is 2.33. The summed E-state index contributed by atoms with van der Waals surface area (Å²) in [7, 11) is 0. The lowest BCUT2D eigenvalue weighted by Gasteiger charge is -2.32. The number of carbonyl (C=O) groups is 1. The Kier molecular flexibility index (Phi) is 6.26. The van der Waals surface area contributed by atoms with Crippen LogP contribution in [0.1, 0.15) is 39.0 Å². The van der Waals surface area contributed by atoms with E-state index in [-0.39, 0.29) is 18.1 Å². The molecule has 20 heavy (non-hydrogen) atoms. The second kappa shape index (κ2) is 7.96. The number of hydrogen-bond donors (Lipinski definition) is 1. The average molecular weight is 284 g/mol. The standard InChI is InChI=1S/C15H28N2O3/c1-2-19-9-10-20-13-5-7-17(8-6-13)15(18)11-14(16)12-3-4-12/h12-14H,2-11,16H2,1H3. The minimum Gasteiger partial charge on any atom is -0.379 e. The zero-order chi connectivity index (χ0) is 14.4. The van der Waals surface area contributed by atoms with E-state index in [9.17, 15) is 4.79 Å². The van der Waals surface area contributed by atoms with Gasteiger partial charge in [-0.3, -0.25) is 4.79 Å². The molecule has 1 heterocycles. The van der Waals surface area contributed by atoms with E-state index in [4.69, 9.17) is 15.2 Å². The van der Waals surface area contributed by atoms with Crippen LogP contribution in [0.5, 0.6) is 0 Å². The molecule has 1 saturated heterocycles. The van der Waals surface area contributed by atoms with Crippen LogP contribution in [0.25, 0.3) is 0 Å². The summed E-state index contributed by atoms with van der Waals surface area (Å²) < 4.78 is 11.0. The third-order valence-electron chi connectivity index (χ3n) is 4.22. The van der Waals surface area contributed by atoms with Gasteiger partial charge in [-0.25, -0.2) is 0 Å². The molecule has 1 unspecified atom stereocenters. The molecule has 5 nitrogen and oxygen atoms in total. The van der Waals surface area contributed by atoms with Gasteiger partial charge in [0.15, 0.2) is 0 Å². The maximum atomic E-state index is 12.1. The van der Waals surface area contributed by atoms with E-state index in [1.165, 1.54) is 12.8 Å². The minimum absolute atomic E-state index is 0.0719. The van der Waals surface area contributed by atoms with Crippen molar-refractivity contribution in [2.75, 3.05) is 32.9 Å². The summed E-state index contributed by atoms with van der Waals surface area (Å²) in [6, 6.07) is 0.0719. The molecule has 5 heteroatoms. The Hall–Kier alpha value is -0.650. The lowest BCUT2D eigenvalue weighted by atomic mass is 10.1. The van der Waals surface area contributed by atoms with Crippen molar-refractivity contribution in [3.63, 3.8) is 0 Å². The Bertz CT molecular complexity index is 299. The summed E-state index contributed by atoms with van der Waals surface area (Å²) in [5.74, 6) is 0.815. The van der Waals surface area contributed by atoms with Crippen LogP contribution in [0.2, 0.25) is 0 Å². The summed E-state index contributed by atoms with van der Waals surface area (Å²) in [6.07, 6.45) is 5.04. The maximum absolute atomic E-state index is 12.1. The quantitative estimate of drug-likeness (QED) is 0.679. The van der Waals surface area contributed by atoms with Gasteiger partial charge in [0.1, 0.15) is 0 Å². The Morgan fingerprint density at radius 1 is 1.25 bits per heavy atom. The van der Waals surface area contributed by atoms with Crippen molar-refractivity contribution in [3.05, 3.63) is 0 Å². The maximum Gasteiger partial charge on any atom is 0.224 e. The second-order valence-corrected chi connectivity index (χ2v) is 5.85. The van der Waals surface area contributed by atoms with E-state index in [0.717, 1.165) is 32.5 Å². The number of rotatable bonds is 8. The number of likely N-dealkylation sites (tertiary alicyclic amines) is 1. The van der Waals surface area contributed by atoms with E-state index < -0.39 is 0 Å². The number of hydrogen-bond acceptors (Lipinski definition) is 4. The molecule has 0 spiro atoms. The van der Waals surface area contributed by atoms with E-state index in [1.54, 1.807) is 0 Å². The number of amides is 1.